The first kappa shape index (κ1) is 12.0. The number of ketones is 1. The number of carbonyl (C=O) groups is 1. The van der Waals surface area contributed by atoms with Crippen LogP contribution in [-0.4, -0.2) is 26.3 Å². The van der Waals surface area contributed by atoms with Crippen LogP contribution < -0.4 is 5.69 Å². The summed E-state index contributed by atoms with van der Waals surface area (Å²) in [5, 5.41) is 6.67. The van der Waals surface area contributed by atoms with Crippen molar-refractivity contribution in [3.8, 4) is 0 Å². The molecule has 1 rings (SSSR count). The molecule has 0 aliphatic rings. The quantitative estimate of drug-likeness (QED) is 0.779. The number of hydrogen-bond acceptors (Lipinski definition) is 4. The Kier molecular flexibility index (Phi) is 3.38. The molecule has 5 nitrogen and oxygen atoms in total. The van der Waals surface area contributed by atoms with Crippen LogP contribution in [0.2, 0.25) is 0 Å². The Labute approximate surface area is 92.3 Å². The van der Waals surface area contributed by atoms with E-state index >= 15 is 0 Å². The van der Waals surface area contributed by atoms with Crippen molar-refractivity contribution in [1.82, 2.24) is 14.8 Å². The molecule has 0 aromatic carbocycles. The highest BCUT2D eigenvalue weighted by Gasteiger charge is 2.21. The monoisotopic (exact) mass is 229 g/mol. The van der Waals surface area contributed by atoms with Crippen molar-refractivity contribution >= 4 is 17.5 Å². The fourth-order valence-corrected chi connectivity index (χ4v) is 1.89. The van der Waals surface area contributed by atoms with Gasteiger partial charge in [-0.2, -0.15) is 0 Å². The third kappa shape index (κ3) is 2.95. The molecule has 1 aromatic heterocycles. The Balaban J connectivity index is 2.63. The van der Waals surface area contributed by atoms with E-state index in [1.54, 1.807) is 7.05 Å². The molecule has 1 aromatic rings. The number of hydrogen-bond donors (Lipinski definition) is 1. The molecule has 0 atom stereocenters. The van der Waals surface area contributed by atoms with Crippen LogP contribution in [0.4, 0.5) is 0 Å². The summed E-state index contributed by atoms with van der Waals surface area (Å²) in [7, 11) is 1.62. The number of thioether (sulfide) groups is 1. The third-order valence-electron chi connectivity index (χ3n) is 2.01. The minimum atomic E-state index is -0.345. The van der Waals surface area contributed by atoms with E-state index in [2.05, 4.69) is 10.2 Å². The number of nitrogens with zero attached hydrogens (tertiary/aromatic N) is 2. The molecule has 0 unspecified atom stereocenters. The largest absolute Gasteiger partial charge is 0.343 e. The lowest BCUT2D eigenvalue weighted by molar-refractivity contribution is -0.123. The Morgan fingerprint density at radius 3 is 2.53 bits per heavy atom. The summed E-state index contributed by atoms with van der Waals surface area (Å²) in [6.45, 7) is 5.62. The zero-order valence-corrected chi connectivity index (χ0v) is 10.1. The van der Waals surface area contributed by atoms with Gasteiger partial charge in [-0.15, -0.1) is 5.10 Å². The number of nitrogens with one attached hydrogen (secondary N) is 1. The van der Waals surface area contributed by atoms with Crippen molar-refractivity contribution in [3.63, 3.8) is 0 Å². The molecule has 0 spiro atoms. The molecule has 1 heterocycles. The molecule has 0 bridgehead atoms. The summed E-state index contributed by atoms with van der Waals surface area (Å²) < 4.78 is 1.39. The summed E-state index contributed by atoms with van der Waals surface area (Å²) in [6.07, 6.45) is 0. The highest BCUT2D eigenvalue weighted by Crippen LogP contribution is 2.20. The first-order valence-corrected chi connectivity index (χ1v) is 5.58. The fraction of sp³-hybridized carbons (Fsp3) is 0.667. The van der Waals surface area contributed by atoms with Gasteiger partial charge < -0.3 is 0 Å². The van der Waals surface area contributed by atoms with Crippen molar-refractivity contribution in [2.75, 3.05) is 5.75 Å². The van der Waals surface area contributed by atoms with Gasteiger partial charge in [0.2, 0.25) is 0 Å². The summed E-state index contributed by atoms with van der Waals surface area (Å²) in [5.74, 6) is 0.477. The standard InChI is InChI=1S/C9H15N3O2S/c1-9(2,3)6(13)5-15-8-11-10-7(14)12(8)4/h5H2,1-4H3,(H,10,14). The molecule has 0 aliphatic heterocycles. The van der Waals surface area contributed by atoms with Crippen LogP contribution in [0, 0.1) is 5.41 Å². The molecule has 0 saturated heterocycles. The van der Waals surface area contributed by atoms with E-state index in [1.165, 1.54) is 16.3 Å². The molecular formula is C9H15N3O2S. The van der Waals surface area contributed by atoms with Crippen LogP contribution in [0.1, 0.15) is 20.8 Å². The predicted molar refractivity (Wildman–Crippen MR) is 59.0 cm³/mol. The number of Topliss-reactive ketones (excluding diaryl/α,β-unsaturated/α-hetero) is 1. The maximum absolute atomic E-state index is 11.6. The maximum atomic E-state index is 11.6. The number of H-pyrrole nitrogens is 1. The number of rotatable bonds is 3. The van der Waals surface area contributed by atoms with Gasteiger partial charge in [-0.05, 0) is 0 Å². The smallest absolute Gasteiger partial charge is 0.298 e. The topological polar surface area (TPSA) is 67.8 Å². The van der Waals surface area contributed by atoms with Crippen LogP contribution in [0.25, 0.3) is 0 Å². The van der Waals surface area contributed by atoms with Crippen LogP contribution in [0.15, 0.2) is 9.95 Å². The van der Waals surface area contributed by atoms with Crippen molar-refractivity contribution in [2.24, 2.45) is 12.5 Å². The lowest BCUT2D eigenvalue weighted by atomic mass is 9.92. The highest BCUT2D eigenvalue weighted by molar-refractivity contribution is 7.99. The molecule has 84 valence electrons. The Morgan fingerprint density at radius 2 is 2.13 bits per heavy atom. The van der Waals surface area contributed by atoms with Gasteiger partial charge in [-0.3, -0.25) is 9.36 Å². The molecule has 0 saturated carbocycles. The van der Waals surface area contributed by atoms with Crippen LogP contribution in [-0.2, 0) is 11.8 Å². The molecule has 0 amide bonds. The van der Waals surface area contributed by atoms with E-state index in [1.807, 2.05) is 20.8 Å². The molecular weight excluding hydrogens is 214 g/mol. The van der Waals surface area contributed by atoms with Crippen LogP contribution in [0.3, 0.4) is 0 Å². The summed E-state index contributed by atoms with van der Waals surface area (Å²) >= 11 is 1.27. The SMILES string of the molecule is Cn1c(SCC(=O)C(C)(C)C)n[nH]c1=O. The van der Waals surface area contributed by atoms with Gasteiger partial charge in [0.15, 0.2) is 5.16 Å². The molecule has 0 radical (unpaired) electrons. The minimum Gasteiger partial charge on any atom is -0.298 e. The summed E-state index contributed by atoms with van der Waals surface area (Å²) in [6, 6.07) is 0. The van der Waals surface area contributed by atoms with Gasteiger partial charge in [0, 0.05) is 12.5 Å². The highest BCUT2D eigenvalue weighted by atomic mass is 32.2. The molecule has 6 heteroatoms. The Bertz CT molecular complexity index is 414. The zero-order valence-electron chi connectivity index (χ0n) is 9.33. The first-order chi connectivity index (χ1) is 6.82. The van der Waals surface area contributed by atoms with E-state index in [0.29, 0.717) is 10.9 Å². The lowest BCUT2D eigenvalue weighted by Gasteiger charge is -2.15. The third-order valence-corrected chi connectivity index (χ3v) is 3.04. The second-order valence-electron chi connectivity index (χ2n) is 4.33. The second-order valence-corrected chi connectivity index (χ2v) is 5.27. The molecule has 0 aliphatic carbocycles. The number of aromatic nitrogens is 3. The van der Waals surface area contributed by atoms with Gasteiger partial charge in [0.1, 0.15) is 5.78 Å². The average Bonchev–Trinajstić information content (AvgIpc) is 2.43. The van der Waals surface area contributed by atoms with Gasteiger partial charge in [-0.25, -0.2) is 9.89 Å². The molecule has 15 heavy (non-hydrogen) atoms. The predicted octanol–water partition coefficient (Wildman–Crippen LogP) is 0.816. The summed E-state index contributed by atoms with van der Waals surface area (Å²) in [5.41, 5.74) is -0.608. The van der Waals surface area contributed by atoms with Gasteiger partial charge >= 0.3 is 5.69 Å². The number of carbonyl (C=O) groups excluding carboxylic acids is 1. The van der Waals surface area contributed by atoms with Crippen LogP contribution >= 0.6 is 11.8 Å². The van der Waals surface area contributed by atoms with Crippen molar-refractivity contribution in [1.29, 1.82) is 0 Å². The van der Waals surface area contributed by atoms with E-state index in [4.69, 9.17) is 0 Å². The van der Waals surface area contributed by atoms with Crippen LogP contribution in [0.5, 0.6) is 0 Å². The van der Waals surface area contributed by atoms with Gasteiger partial charge in [-0.1, -0.05) is 32.5 Å². The minimum absolute atomic E-state index is 0.142. The fourth-order valence-electron chi connectivity index (χ4n) is 0.808. The van der Waals surface area contributed by atoms with Gasteiger partial charge in [0.05, 0.1) is 5.75 Å². The number of aromatic amines is 1. The van der Waals surface area contributed by atoms with Crippen molar-refractivity contribution in [3.05, 3.63) is 10.5 Å². The average molecular weight is 229 g/mol. The van der Waals surface area contributed by atoms with E-state index in [-0.39, 0.29) is 16.9 Å². The molecule has 0 fully saturated rings. The first-order valence-electron chi connectivity index (χ1n) is 4.60. The zero-order chi connectivity index (χ0) is 11.6. The Hall–Kier alpha value is -1.04. The van der Waals surface area contributed by atoms with E-state index in [9.17, 15) is 9.59 Å². The lowest BCUT2D eigenvalue weighted by Crippen LogP contribution is -2.22. The van der Waals surface area contributed by atoms with E-state index in [0.717, 1.165) is 0 Å². The maximum Gasteiger partial charge on any atom is 0.343 e. The Morgan fingerprint density at radius 1 is 1.53 bits per heavy atom. The molecule has 1 N–H and O–H groups in total. The van der Waals surface area contributed by atoms with E-state index < -0.39 is 0 Å². The van der Waals surface area contributed by atoms with Crippen molar-refractivity contribution < 1.29 is 4.79 Å². The normalized spacial score (nSPS) is 11.7. The second kappa shape index (κ2) is 4.22. The van der Waals surface area contributed by atoms with Gasteiger partial charge in [0.25, 0.3) is 0 Å². The summed E-state index contributed by atoms with van der Waals surface area (Å²) in [4.78, 5) is 22.6. The van der Waals surface area contributed by atoms with Crippen molar-refractivity contribution in [2.45, 2.75) is 25.9 Å².